The van der Waals surface area contributed by atoms with Gasteiger partial charge in [0.05, 0.1) is 6.61 Å². The molecule has 2 aromatic carbocycles. The molecule has 0 bridgehead atoms. The lowest BCUT2D eigenvalue weighted by atomic mass is 10.0. The SMILES string of the molecule is CCOP(=O)(O)CC(=O)Cc1cccc(-c2ccccc2)c1. The second-order valence-electron chi connectivity index (χ2n) is 5.00. The molecule has 0 aromatic heterocycles. The molecular formula is C17H19O4P. The molecule has 0 aliphatic heterocycles. The highest BCUT2D eigenvalue weighted by molar-refractivity contribution is 7.53. The second kappa shape index (κ2) is 7.50. The molecule has 2 aromatic rings. The predicted molar refractivity (Wildman–Crippen MR) is 86.9 cm³/mol. The van der Waals surface area contributed by atoms with Crippen molar-refractivity contribution in [2.45, 2.75) is 13.3 Å². The number of Topliss-reactive ketones (excluding diaryl/α,β-unsaturated/α-hetero) is 1. The molecule has 0 saturated carbocycles. The van der Waals surface area contributed by atoms with E-state index in [9.17, 15) is 14.3 Å². The van der Waals surface area contributed by atoms with Crippen molar-refractivity contribution < 1.29 is 18.8 Å². The summed E-state index contributed by atoms with van der Waals surface area (Å²) in [5.74, 6) is -0.301. The molecule has 0 fully saturated rings. The van der Waals surface area contributed by atoms with Crippen LogP contribution in [0.3, 0.4) is 0 Å². The summed E-state index contributed by atoms with van der Waals surface area (Å²) in [5, 5.41) is 0. The molecule has 0 saturated heterocycles. The fraction of sp³-hybridized carbons (Fsp3) is 0.235. The Kier molecular flexibility index (Phi) is 5.67. The highest BCUT2D eigenvalue weighted by Gasteiger charge is 2.23. The lowest BCUT2D eigenvalue weighted by molar-refractivity contribution is -0.116. The molecule has 1 unspecified atom stereocenters. The van der Waals surface area contributed by atoms with Gasteiger partial charge in [0.25, 0.3) is 0 Å². The van der Waals surface area contributed by atoms with Gasteiger partial charge in [-0.3, -0.25) is 9.36 Å². The van der Waals surface area contributed by atoms with Crippen LogP contribution in [0.1, 0.15) is 12.5 Å². The molecule has 0 aliphatic rings. The van der Waals surface area contributed by atoms with E-state index in [-0.39, 0.29) is 18.8 Å². The van der Waals surface area contributed by atoms with E-state index in [2.05, 4.69) is 0 Å². The van der Waals surface area contributed by atoms with Crippen molar-refractivity contribution >= 4 is 13.4 Å². The first-order valence-corrected chi connectivity index (χ1v) is 8.89. The molecule has 2 rings (SSSR count). The van der Waals surface area contributed by atoms with Crippen LogP contribution >= 0.6 is 7.60 Å². The van der Waals surface area contributed by atoms with E-state index in [0.29, 0.717) is 0 Å². The standard InChI is InChI=1S/C17H19O4P/c1-2-21-22(19,20)13-17(18)12-14-7-6-10-16(11-14)15-8-4-3-5-9-15/h3-11H,2,12-13H2,1H3,(H,19,20). The topological polar surface area (TPSA) is 63.6 Å². The Morgan fingerprint density at radius 1 is 1.09 bits per heavy atom. The number of hydrogen-bond donors (Lipinski definition) is 1. The summed E-state index contributed by atoms with van der Waals surface area (Å²) >= 11 is 0. The van der Waals surface area contributed by atoms with Gasteiger partial charge in [0.15, 0.2) is 0 Å². The van der Waals surface area contributed by atoms with Gasteiger partial charge < -0.3 is 9.42 Å². The summed E-state index contributed by atoms with van der Waals surface area (Å²) in [7, 11) is -3.81. The van der Waals surface area contributed by atoms with E-state index in [0.717, 1.165) is 16.7 Å². The van der Waals surface area contributed by atoms with Gasteiger partial charge in [-0.05, 0) is 23.6 Å². The van der Waals surface area contributed by atoms with Gasteiger partial charge in [-0.15, -0.1) is 0 Å². The first-order chi connectivity index (χ1) is 10.5. The normalized spacial score (nSPS) is 13.5. The summed E-state index contributed by atoms with van der Waals surface area (Å²) in [4.78, 5) is 21.4. The van der Waals surface area contributed by atoms with Crippen LogP contribution in [0.25, 0.3) is 11.1 Å². The maximum Gasteiger partial charge on any atom is 0.335 e. The third-order valence-electron chi connectivity index (χ3n) is 3.14. The monoisotopic (exact) mass is 318 g/mol. The Morgan fingerprint density at radius 2 is 1.77 bits per heavy atom. The minimum Gasteiger partial charge on any atom is -0.324 e. The lowest BCUT2D eigenvalue weighted by Crippen LogP contribution is -2.10. The Labute approximate surface area is 130 Å². The third kappa shape index (κ3) is 4.92. The number of hydrogen-bond acceptors (Lipinski definition) is 3. The van der Waals surface area contributed by atoms with E-state index in [1.54, 1.807) is 6.92 Å². The van der Waals surface area contributed by atoms with E-state index in [1.165, 1.54) is 0 Å². The van der Waals surface area contributed by atoms with E-state index >= 15 is 0 Å². The van der Waals surface area contributed by atoms with Crippen LogP contribution in [0, 0.1) is 0 Å². The predicted octanol–water partition coefficient (Wildman–Crippen LogP) is 3.69. The fourth-order valence-electron chi connectivity index (χ4n) is 2.25. The maximum absolute atomic E-state index is 11.9. The van der Waals surface area contributed by atoms with Crippen LogP contribution in [0.4, 0.5) is 0 Å². The zero-order valence-electron chi connectivity index (χ0n) is 12.4. The minimum atomic E-state index is -3.81. The van der Waals surface area contributed by atoms with Crippen molar-refractivity contribution in [3.8, 4) is 11.1 Å². The Bertz CT molecular complexity index is 682. The molecule has 1 atom stereocenters. The molecule has 5 heteroatoms. The summed E-state index contributed by atoms with van der Waals surface area (Å²) in [6.45, 7) is 1.74. The number of ketones is 1. The van der Waals surface area contributed by atoms with E-state index in [4.69, 9.17) is 4.52 Å². The summed E-state index contributed by atoms with van der Waals surface area (Å²) in [5.41, 5.74) is 2.91. The van der Waals surface area contributed by atoms with Gasteiger partial charge in [0.1, 0.15) is 11.9 Å². The van der Waals surface area contributed by atoms with Gasteiger partial charge in [-0.1, -0.05) is 54.6 Å². The van der Waals surface area contributed by atoms with Crippen molar-refractivity contribution in [3.63, 3.8) is 0 Å². The van der Waals surface area contributed by atoms with Crippen molar-refractivity contribution in [1.82, 2.24) is 0 Å². The smallest absolute Gasteiger partial charge is 0.324 e. The summed E-state index contributed by atoms with van der Waals surface area (Å²) < 4.78 is 16.3. The molecule has 0 heterocycles. The Balaban J connectivity index is 2.08. The molecule has 0 amide bonds. The van der Waals surface area contributed by atoms with E-state index in [1.807, 2.05) is 54.6 Å². The van der Waals surface area contributed by atoms with Crippen LogP contribution in [-0.4, -0.2) is 23.4 Å². The molecule has 22 heavy (non-hydrogen) atoms. The first-order valence-electron chi connectivity index (χ1n) is 7.12. The first kappa shape index (κ1) is 16.6. The van der Waals surface area contributed by atoms with Crippen LogP contribution in [0.5, 0.6) is 0 Å². The van der Waals surface area contributed by atoms with Crippen molar-refractivity contribution in [2.24, 2.45) is 0 Å². The Hall–Kier alpha value is -1.74. The number of carbonyl (C=O) groups excluding carboxylic acids is 1. The highest BCUT2D eigenvalue weighted by atomic mass is 31.2. The summed E-state index contributed by atoms with van der Waals surface area (Å²) in [6.07, 6.45) is -0.325. The molecule has 0 radical (unpaired) electrons. The van der Waals surface area contributed by atoms with Crippen LogP contribution < -0.4 is 0 Å². The second-order valence-corrected chi connectivity index (χ2v) is 6.84. The van der Waals surface area contributed by atoms with Crippen LogP contribution in [-0.2, 0) is 20.3 Å². The van der Waals surface area contributed by atoms with Gasteiger partial charge in [-0.25, -0.2) is 0 Å². The van der Waals surface area contributed by atoms with Gasteiger partial charge in [0.2, 0.25) is 0 Å². The largest absolute Gasteiger partial charge is 0.335 e. The zero-order chi connectivity index (χ0) is 16.0. The molecular weight excluding hydrogens is 299 g/mol. The number of rotatable bonds is 7. The van der Waals surface area contributed by atoms with Crippen molar-refractivity contribution in [2.75, 3.05) is 12.8 Å². The average molecular weight is 318 g/mol. The fourth-order valence-corrected chi connectivity index (χ4v) is 3.30. The average Bonchev–Trinajstić information content (AvgIpc) is 2.47. The minimum absolute atomic E-state index is 0.116. The van der Waals surface area contributed by atoms with E-state index < -0.39 is 13.8 Å². The number of benzene rings is 2. The third-order valence-corrected chi connectivity index (χ3v) is 4.56. The van der Waals surface area contributed by atoms with Gasteiger partial charge in [0, 0.05) is 6.42 Å². The van der Waals surface area contributed by atoms with Crippen LogP contribution in [0.2, 0.25) is 0 Å². The van der Waals surface area contributed by atoms with Gasteiger partial charge in [-0.2, -0.15) is 0 Å². The quantitative estimate of drug-likeness (QED) is 0.791. The molecule has 0 spiro atoms. The van der Waals surface area contributed by atoms with Crippen LogP contribution in [0.15, 0.2) is 54.6 Å². The molecule has 4 nitrogen and oxygen atoms in total. The molecule has 1 N–H and O–H groups in total. The van der Waals surface area contributed by atoms with Crippen molar-refractivity contribution in [1.29, 1.82) is 0 Å². The zero-order valence-corrected chi connectivity index (χ0v) is 13.3. The highest BCUT2D eigenvalue weighted by Crippen LogP contribution is 2.41. The lowest BCUT2D eigenvalue weighted by Gasteiger charge is -2.10. The van der Waals surface area contributed by atoms with Crippen molar-refractivity contribution in [3.05, 3.63) is 60.2 Å². The maximum atomic E-state index is 11.9. The summed E-state index contributed by atoms with van der Waals surface area (Å²) in [6, 6.07) is 17.5. The number of carbonyl (C=O) groups is 1. The molecule has 116 valence electrons. The Morgan fingerprint density at radius 3 is 2.45 bits per heavy atom. The molecule has 0 aliphatic carbocycles. The van der Waals surface area contributed by atoms with Gasteiger partial charge >= 0.3 is 7.60 Å².